The van der Waals surface area contributed by atoms with Gasteiger partial charge < -0.3 is 42.1 Å². The molecule has 3 amide bonds. The molecule has 0 spiro atoms. The number of aromatic hydroxyl groups is 1. The Hall–Kier alpha value is -3.36. The van der Waals surface area contributed by atoms with E-state index in [1.807, 2.05) is 0 Å². The Bertz CT molecular complexity index is 913. The van der Waals surface area contributed by atoms with Crippen molar-refractivity contribution in [2.24, 2.45) is 5.73 Å². The smallest absolute Gasteiger partial charge is 0.328 e. The first-order chi connectivity index (χ1) is 17.0. The van der Waals surface area contributed by atoms with Crippen molar-refractivity contribution in [1.29, 1.82) is 0 Å². The van der Waals surface area contributed by atoms with Gasteiger partial charge in [0.25, 0.3) is 0 Å². The van der Waals surface area contributed by atoms with Crippen LogP contribution >= 0.6 is 11.8 Å². The molecule has 200 valence electrons. The largest absolute Gasteiger partial charge is 0.508 e. The number of carboxylic acid groups (broad SMARTS) is 2. The fraction of sp³-hybridized carbons (Fsp3) is 0.500. The fourth-order valence-electron chi connectivity index (χ4n) is 3.03. The molecule has 0 aliphatic heterocycles. The number of thioether (sulfide) groups is 1. The molecule has 4 atom stereocenters. The molecule has 0 aliphatic carbocycles. The van der Waals surface area contributed by atoms with Gasteiger partial charge in [-0.3, -0.25) is 19.2 Å². The zero-order valence-electron chi connectivity index (χ0n) is 19.7. The molecular weight excluding hydrogens is 496 g/mol. The van der Waals surface area contributed by atoms with E-state index in [0.717, 1.165) is 0 Å². The third-order valence-electron chi connectivity index (χ3n) is 5.05. The standard InChI is InChI=1S/C22H32N4O9S/c1-36-9-8-16(21(33)26-17(11-27)22(34)35)25-20(32)15(6-7-18(29)30)24-19(31)14(23)10-12-2-4-13(28)5-3-12/h2-5,14-17,27-28H,6-11,23H2,1H3,(H,24,31)(H,25,32)(H,26,33)(H,29,30)(H,34,35). The molecule has 14 heteroatoms. The Balaban J connectivity index is 2.95. The molecule has 1 aromatic carbocycles. The SMILES string of the molecule is CSCCC(NC(=O)C(CCC(=O)O)NC(=O)C(N)Cc1ccc(O)cc1)C(=O)NC(CO)C(=O)O. The number of carbonyl (C=O) groups is 5. The highest BCUT2D eigenvalue weighted by Crippen LogP contribution is 2.11. The number of carboxylic acids is 2. The van der Waals surface area contributed by atoms with Crippen LogP contribution in [0, 0.1) is 0 Å². The van der Waals surface area contributed by atoms with E-state index >= 15 is 0 Å². The van der Waals surface area contributed by atoms with Crippen LogP contribution in [0.2, 0.25) is 0 Å². The van der Waals surface area contributed by atoms with Crippen LogP contribution in [0.15, 0.2) is 24.3 Å². The van der Waals surface area contributed by atoms with Gasteiger partial charge in [-0.15, -0.1) is 0 Å². The van der Waals surface area contributed by atoms with Crippen molar-refractivity contribution in [3.63, 3.8) is 0 Å². The van der Waals surface area contributed by atoms with Crippen molar-refractivity contribution >= 4 is 41.4 Å². The molecule has 0 bridgehead atoms. The normalized spacial score (nSPS) is 14.1. The number of hydrogen-bond acceptors (Lipinski definition) is 9. The first kappa shape index (κ1) is 30.7. The third kappa shape index (κ3) is 10.9. The van der Waals surface area contributed by atoms with Crippen LogP contribution in [0.5, 0.6) is 5.75 Å². The molecule has 0 aliphatic rings. The van der Waals surface area contributed by atoms with Crippen LogP contribution in [0.3, 0.4) is 0 Å². The van der Waals surface area contributed by atoms with E-state index in [1.165, 1.54) is 23.9 Å². The molecule has 4 unspecified atom stereocenters. The number of hydrogen-bond donors (Lipinski definition) is 8. The minimum absolute atomic E-state index is 0.0379. The molecule has 1 aromatic rings. The van der Waals surface area contributed by atoms with E-state index in [1.54, 1.807) is 18.4 Å². The average molecular weight is 529 g/mol. The predicted octanol–water partition coefficient (Wildman–Crippen LogP) is -1.59. The molecule has 0 saturated heterocycles. The number of rotatable bonds is 16. The van der Waals surface area contributed by atoms with Gasteiger partial charge in [0.1, 0.15) is 23.9 Å². The minimum Gasteiger partial charge on any atom is -0.508 e. The van der Waals surface area contributed by atoms with Gasteiger partial charge in [-0.05, 0) is 49.0 Å². The maximum atomic E-state index is 12.9. The van der Waals surface area contributed by atoms with Crippen molar-refractivity contribution in [3.8, 4) is 5.75 Å². The maximum absolute atomic E-state index is 12.9. The van der Waals surface area contributed by atoms with Gasteiger partial charge in [0.2, 0.25) is 17.7 Å². The first-order valence-corrected chi connectivity index (χ1v) is 12.4. The number of nitrogens with two attached hydrogens (primary N) is 1. The van der Waals surface area contributed by atoms with Crippen LogP contribution < -0.4 is 21.7 Å². The number of nitrogens with one attached hydrogen (secondary N) is 3. The lowest BCUT2D eigenvalue weighted by Gasteiger charge is -2.24. The number of carbonyl (C=O) groups excluding carboxylic acids is 3. The Labute approximate surface area is 211 Å². The molecule has 0 aromatic heterocycles. The van der Waals surface area contributed by atoms with Gasteiger partial charge in [0, 0.05) is 6.42 Å². The highest BCUT2D eigenvalue weighted by Gasteiger charge is 2.30. The Morgan fingerprint density at radius 1 is 0.889 bits per heavy atom. The molecule has 0 radical (unpaired) electrons. The van der Waals surface area contributed by atoms with Crippen LogP contribution in [0.25, 0.3) is 0 Å². The first-order valence-electron chi connectivity index (χ1n) is 11.0. The van der Waals surface area contributed by atoms with E-state index in [0.29, 0.717) is 11.3 Å². The van der Waals surface area contributed by atoms with Gasteiger partial charge in [-0.25, -0.2) is 4.79 Å². The summed E-state index contributed by atoms with van der Waals surface area (Å²) in [5, 5.41) is 43.6. The molecule has 1 rings (SSSR count). The average Bonchev–Trinajstić information content (AvgIpc) is 2.83. The Kier molecular flexibility index (Phi) is 13.3. The Morgan fingerprint density at radius 2 is 1.42 bits per heavy atom. The monoisotopic (exact) mass is 528 g/mol. The molecule has 0 saturated carbocycles. The lowest BCUT2D eigenvalue weighted by molar-refractivity contribution is -0.143. The van der Waals surface area contributed by atoms with Gasteiger partial charge >= 0.3 is 11.9 Å². The molecule has 0 fully saturated rings. The highest BCUT2D eigenvalue weighted by molar-refractivity contribution is 7.98. The van der Waals surface area contributed by atoms with E-state index in [4.69, 9.17) is 21.1 Å². The predicted molar refractivity (Wildman–Crippen MR) is 130 cm³/mol. The number of phenolic OH excluding ortho intramolecular Hbond substituents is 1. The highest BCUT2D eigenvalue weighted by atomic mass is 32.2. The summed E-state index contributed by atoms with van der Waals surface area (Å²) in [5.41, 5.74) is 6.58. The minimum atomic E-state index is -1.58. The van der Waals surface area contributed by atoms with Crippen LogP contribution in [0.1, 0.15) is 24.8 Å². The summed E-state index contributed by atoms with van der Waals surface area (Å²) in [7, 11) is 0. The maximum Gasteiger partial charge on any atom is 0.328 e. The molecule has 0 heterocycles. The van der Waals surface area contributed by atoms with Crippen LogP contribution in [-0.2, 0) is 30.4 Å². The van der Waals surface area contributed by atoms with Gasteiger partial charge in [0.15, 0.2) is 0 Å². The van der Waals surface area contributed by atoms with Crippen molar-refractivity contribution in [2.75, 3.05) is 18.6 Å². The number of benzene rings is 1. The summed E-state index contributed by atoms with van der Waals surface area (Å²) in [6.07, 6.45) is 1.20. The summed E-state index contributed by atoms with van der Waals surface area (Å²) >= 11 is 1.37. The molecular formula is C22H32N4O9S. The fourth-order valence-corrected chi connectivity index (χ4v) is 3.50. The van der Waals surface area contributed by atoms with E-state index in [2.05, 4.69) is 16.0 Å². The lowest BCUT2D eigenvalue weighted by Crippen LogP contribution is -2.57. The summed E-state index contributed by atoms with van der Waals surface area (Å²) in [4.78, 5) is 60.3. The zero-order chi connectivity index (χ0) is 27.3. The summed E-state index contributed by atoms with van der Waals surface area (Å²) in [6, 6.07) is 0.789. The van der Waals surface area contributed by atoms with Crippen LogP contribution in [0.4, 0.5) is 0 Å². The van der Waals surface area contributed by atoms with Crippen molar-refractivity contribution in [1.82, 2.24) is 16.0 Å². The lowest BCUT2D eigenvalue weighted by atomic mass is 10.0. The number of amides is 3. The van der Waals surface area contributed by atoms with Crippen molar-refractivity contribution < 1.29 is 44.4 Å². The van der Waals surface area contributed by atoms with Gasteiger partial charge in [0.05, 0.1) is 12.6 Å². The van der Waals surface area contributed by atoms with E-state index < -0.39 is 66.9 Å². The molecule has 13 nitrogen and oxygen atoms in total. The second-order valence-electron chi connectivity index (χ2n) is 7.90. The topological polar surface area (TPSA) is 228 Å². The number of aliphatic hydroxyl groups is 1. The van der Waals surface area contributed by atoms with Gasteiger partial charge in [-0.2, -0.15) is 11.8 Å². The molecule has 9 N–H and O–H groups in total. The summed E-state index contributed by atoms with van der Waals surface area (Å²) < 4.78 is 0. The quantitative estimate of drug-likeness (QED) is 0.122. The zero-order valence-corrected chi connectivity index (χ0v) is 20.5. The van der Waals surface area contributed by atoms with E-state index in [9.17, 15) is 29.1 Å². The number of aliphatic carboxylic acids is 2. The van der Waals surface area contributed by atoms with E-state index in [-0.39, 0.29) is 25.0 Å². The number of phenols is 1. The second kappa shape index (κ2) is 15.6. The summed E-state index contributed by atoms with van der Waals surface area (Å²) in [6.45, 7) is -0.861. The summed E-state index contributed by atoms with van der Waals surface area (Å²) in [5.74, 6) is -4.65. The molecule has 36 heavy (non-hydrogen) atoms. The van der Waals surface area contributed by atoms with Crippen LogP contribution in [-0.4, -0.2) is 92.9 Å². The van der Waals surface area contributed by atoms with Crippen molar-refractivity contribution in [2.45, 2.75) is 49.9 Å². The third-order valence-corrected chi connectivity index (χ3v) is 5.69. The number of aliphatic hydroxyl groups excluding tert-OH is 1. The van der Waals surface area contributed by atoms with Gasteiger partial charge in [-0.1, -0.05) is 12.1 Å². The van der Waals surface area contributed by atoms with Crippen molar-refractivity contribution in [3.05, 3.63) is 29.8 Å². The Morgan fingerprint density at radius 3 is 1.92 bits per heavy atom. The second-order valence-corrected chi connectivity index (χ2v) is 8.88.